The van der Waals surface area contributed by atoms with E-state index in [4.69, 9.17) is 15.1 Å². The van der Waals surface area contributed by atoms with Crippen LogP contribution in [0.3, 0.4) is 0 Å². The average molecular weight is 446 g/mol. The lowest BCUT2D eigenvalue weighted by atomic mass is 10.2. The second kappa shape index (κ2) is 8.74. The van der Waals surface area contributed by atoms with Crippen LogP contribution in [-0.2, 0) is 0 Å². The molecule has 168 valence electrons. The minimum atomic E-state index is -3.31. The molecule has 0 radical (unpaired) electrons. The number of rotatable bonds is 5. The second-order valence-electron chi connectivity index (χ2n) is 7.74. The number of aromatic nitrogens is 4. The standard InChI is InChI=1S/C23H30N8O/c1-29(2)22(32)19-13-16-14-26-23(28-21(16)31(19)17-5-3-4-6-17)27-20-8-7-18(15-25-20)30-11-9-24-10-12-30/h7-8,13-15,17,24H,3-6,9-12H2,1-2H3,(H,25,26,27,28)/i7D,8D,9D2,10D2,11D2,12D2,15D. The van der Waals surface area contributed by atoms with Gasteiger partial charge in [0.15, 0.2) is 0 Å². The SMILES string of the molecule is [2H]c1nc(Nc2ncc3cc(C(=O)N(C)C)n(C4CCCC4)c3n2)c([2H])c([2H])c1N1C([2H])([2H])C([2H])([2H])NC([2H])([2H])C1([2H])[2H]. The van der Waals surface area contributed by atoms with Crippen LogP contribution in [0.4, 0.5) is 17.5 Å². The summed E-state index contributed by atoms with van der Waals surface area (Å²) in [5.74, 6) is -0.658. The minimum Gasteiger partial charge on any atom is -0.368 e. The van der Waals surface area contributed by atoms with E-state index in [1.807, 2.05) is 4.57 Å². The summed E-state index contributed by atoms with van der Waals surface area (Å²) in [6.07, 6.45) is 4.30. The number of piperazine rings is 1. The monoisotopic (exact) mass is 445 g/mol. The van der Waals surface area contributed by atoms with Crippen LogP contribution >= 0.6 is 0 Å². The quantitative estimate of drug-likeness (QED) is 0.624. The summed E-state index contributed by atoms with van der Waals surface area (Å²) in [4.78, 5) is 27.2. The Morgan fingerprint density at radius 2 is 2.03 bits per heavy atom. The molecular weight excluding hydrogens is 404 g/mol. The van der Waals surface area contributed by atoms with Gasteiger partial charge in [-0.05, 0) is 31.0 Å². The minimum absolute atomic E-state index is 0.0241. The first-order chi connectivity index (χ1) is 19.8. The molecule has 5 rings (SSSR count). The van der Waals surface area contributed by atoms with Crippen molar-refractivity contribution in [2.45, 2.75) is 31.7 Å². The van der Waals surface area contributed by atoms with Crippen LogP contribution in [0.25, 0.3) is 11.0 Å². The molecule has 3 aromatic heterocycles. The van der Waals surface area contributed by atoms with Crippen LogP contribution in [-0.4, -0.2) is 70.4 Å². The summed E-state index contributed by atoms with van der Waals surface area (Å²) in [5, 5.41) is 4.99. The van der Waals surface area contributed by atoms with Crippen molar-refractivity contribution in [3.05, 3.63) is 36.2 Å². The number of pyridine rings is 1. The number of fused-ring (bicyclic) bond motifs is 1. The van der Waals surface area contributed by atoms with Gasteiger partial charge in [0, 0.05) is 63.2 Å². The largest absolute Gasteiger partial charge is 0.368 e. The van der Waals surface area contributed by atoms with Crippen molar-refractivity contribution in [2.75, 3.05) is 50.3 Å². The third-order valence-corrected chi connectivity index (χ3v) is 5.38. The van der Waals surface area contributed by atoms with Crippen LogP contribution in [0.15, 0.2) is 30.5 Å². The van der Waals surface area contributed by atoms with Crippen molar-refractivity contribution in [1.29, 1.82) is 0 Å². The zero-order valence-corrected chi connectivity index (χ0v) is 17.7. The summed E-state index contributed by atoms with van der Waals surface area (Å²) in [6.45, 7) is -12.9. The van der Waals surface area contributed by atoms with Gasteiger partial charge in [-0.1, -0.05) is 12.8 Å². The number of anilines is 3. The van der Waals surface area contributed by atoms with E-state index in [2.05, 4.69) is 20.3 Å². The summed E-state index contributed by atoms with van der Waals surface area (Å²) in [5.41, 5.74) is 0.00271. The molecule has 1 aliphatic carbocycles. The molecule has 2 aliphatic rings. The fraction of sp³-hybridized carbons (Fsp3) is 0.478. The Labute approximate surface area is 203 Å². The molecule has 9 nitrogen and oxygen atoms in total. The molecule has 0 bridgehead atoms. The molecule has 0 atom stereocenters. The molecule has 32 heavy (non-hydrogen) atoms. The van der Waals surface area contributed by atoms with Crippen molar-refractivity contribution in [3.63, 3.8) is 0 Å². The molecule has 1 saturated heterocycles. The molecule has 4 heterocycles. The predicted molar refractivity (Wildman–Crippen MR) is 126 cm³/mol. The summed E-state index contributed by atoms with van der Waals surface area (Å²) in [6, 6.07) is 0.141. The zero-order valence-electron chi connectivity index (χ0n) is 28.7. The number of carbonyl (C=O) groups is 1. The van der Waals surface area contributed by atoms with Crippen LogP contribution in [0.5, 0.6) is 0 Å². The van der Waals surface area contributed by atoms with Gasteiger partial charge in [0.2, 0.25) is 5.95 Å². The highest BCUT2D eigenvalue weighted by atomic mass is 16.2. The second-order valence-corrected chi connectivity index (χ2v) is 7.74. The van der Waals surface area contributed by atoms with E-state index in [1.54, 1.807) is 25.5 Å². The maximum Gasteiger partial charge on any atom is 0.270 e. The fourth-order valence-electron chi connectivity index (χ4n) is 3.89. The summed E-state index contributed by atoms with van der Waals surface area (Å²) in [7, 11) is 3.30. The Bertz CT molecular complexity index is 1580. The van der Waals surface area contributed by atoms with E-state index < -0.39 is 49.9 Å². The maximum atomic E-state index is 13.0. The van der Waals surface area contributed by atoms with Crippen LogP contribution in [0, 0.1) is 0 Å². The normalized spacial score (nSPS) is 28.4. The molecule has 1 amide bonds. The van der Waals surface area contributed by atoms with E-state index in [0.717, 1.165) is 25.7 Å². The van der Waals surface area contributed by atoms with E-state index in [9.17, 15) is 4.79 Å². The smallest absolute Gasteiger partial charge is 0.270 e. The van der Waals surface area contributed by atoms with Gasteiger partial charge in [0.1, 0.15) is 17.2 Å². The Kier molecular flexibility index (Phi) is 3.17. The highest BCUT2D eigenvalue weighted by molar-refractivity contribution is 5.97. The molecule has 0 spiro atoms. The van der Waals surface area contributed by atoms with Crippen molar-refractivity contribution < 1.29 is 19.9 Å². The third kappa shape index (κ3) is 4.00. The van der Waals surface area contributed by atoms with Crippen molar-refractivity contribution in [3.8, 4) is 0 Å². The highest BCUT2D eigenvalue weighted by Gasteiger charge is 2.26. The first-order valence-electron chi connectivity index (χ1n) is 15.8. The lowest BCUT2D eigenvalue weighted by Gasteiger charge is -2.29. The van der Waals surface area contributed by atoms with Gasteiger partial charge in [-0.15, -0.1) is 0 Å². The number of nitrogens with zero attached hydrogens (tertiary/aromatic N) is 6. The molecular formula is C23H30N8O. The molecule has 2 fully saturated rings. The van der Waals surface area contributed by atoms with Crippen molar-refractivity contribution in [2.24, 2.45) is 0 Å². The van der Waals surface area contributed by atoms with E-state index in [0.29, 0.717) is 16.7 Å². The number of nitrogens with one attached hydrogen (secondary N) is 2. The van der Waals surface area contributed by atoms with Crippen LogP contribution in [0.1, 0.15) is 57.3 Å². The molecule has 0 aromatic carbocycles. The van der Waals surface area contributed by atoms with Gasteiger partial charge in [0.25, 0.3) is 5.91 Å². The van der Waals surface area contributed by atoms with Gasteiger partial charge in [-0.2, -0.15) is 4.98 Å². The van der Waals surface area contributed by atoms with Gasteiger partial charge < -0.3 is 25.0 Å². The van der Waals surface area contributed by atoms with Crippen molar-refractivity contribution >= 4 is 34.4 Å². The van der Waals surface area contributed by atoms with Crippen LogP contribution in [0.2, 0.25) is 0 Å². The number of carbonyl (C=O) groups excluding carboxylic acids is 1. The number of hydrogen-bond donors (Lipinski definition) is 2. The Hall–Kier alpha value is -3.20. The van der Waals surface area contributed by atoms with Gasteiger partial charge in [-0.3, -0.25) is 4.79 Å². The molecule has 1 saturated carbocycles. The summed E-state index contributed by atoms with van der Waals surface area (Å²) < 4.78 is 92.7. The van der Waals surface area contributed by atoms with E-state index >= 15 is 0 Å². The van der Waals surface area contributed by atoms with Gasteiger partial charge in [0.05, 0.1) is 21.5 Å². The molecule has 1 aliphatic heterocycles. The van der Waals surface area contributed by atoms with Crippen LogP contribution < -0.4 is 15.5 Å². The topological polar surface area (TPSA) is 91.2 Å². The van der Waals surface area contributed by atoms with E-state index in [1.165, 1.54) is 11.1 Å². The first kappa shape index (κ1) is 11.6. The maximum absolute atomic E-state index is 13.0. The number of amides is 1. The molecule has 0 unspecified atom stereocenters. The number of hydrogen-bond acceptors (Lipinski definition) is 7. The van der Waals surface area contributed by atoms with Gasteiger partial charge in [-0.25, -0.2) is 9.97 Å². The Morgan fingerprint density at radius 1 is 1.25 bits per heavy atom. The van der Waals surface area contributed by atoms with Crippen molar-refractivity contribution in [1.82, 2.24) is 29.7 Å². The van der Waals surface area contributed by atoms with E-state index in [-0.39, 0.29) is 28.6 Å². The zero-order chi connectivity index (χ0) is 31.9. The average Bonchev–Trinajstić information content (AvgIpc) is 3.55. The molecule has 3 aromatic rings. The highest BCUT2D eigenvalue weighted by Crippen LogP contribution is 2.35. The molecule has 9 heteroatoms. The first-order valence-corrected chi connectivity index (χ1v) is 10.3. The third-order valence-electron chi connectivity index (χ3n) is 5.38. The lowest BCUT2D eigenvalue weighted by Crippen LogP contribution is -2.43. The summed E-state index contributed by atoms with van der Waals surface area (Å²) >= 11 is 0. The lowest BCUT2D eigenvalue weighted by molar-refractivity contribution is 0.0815. The molecule has 2 N–H and O–H groups in total. The predicted octanol–water partition coefficient (Wildman–Crippen LogP) is 2.80. The fourth-order valence-corrected chi connectivity index (χ4v) is 3.89. The Balaban J connectivity index is 1.59. The van der Waals surface area contributed by atoms with Gasteiger partial charge >= 0.3 is 0 Å². The Morgan fingerprint density at radius 3 is 2.78 bits per heavy atom.